The predicted octanol–water partition coefficient (Wildman–Crippen LogP) is 6.79. The number of amidine groups is 1. The first-order chi connectivity index (χ1) is 24.3. The smallest absolute Gasteiger partial charge is 0.482 e. The Kier molecular flexibility index (Phi) is 8.59. The zero-order valence-corrected chi connectivity index (χ0v) is 27.1. The molecule has 7 rings (SSSR count). The molecular weight excluding hydrogens is 643 g/mol. The molecule has 0 unspecified atom stereocenters. The van der Waals surface area contributed by atoms with Gasteiger partial charge in [-0.25, -0.2) is 9.59 Å². The SMILES string of the molecule is COC(=O)COc1ccc(C2=[N+]3C(=Nc4c(-c5ccccc5)cc(-c5ccc(OCC(=O)OC)cc5)n4[B-]3(F)F)C(c3ccccc3)=C2)cc1. The standard InChI is InChI=1S/C38H30BF2N3O6/c1-47-35(45)23-49-29-17-13-27(14-18-29)33-21-31(25-9-5-3-6-10-25)37-42-38-32(26-11-7-4-8-12-26)22-34(44(38)39(40,41)43(33)37)28-15-19-30(20-16-28)50-24-36(46)48-2/h3-22H,23-24H2,1-2H3. The number of hydrogen-bond acceptors (Lipinski definition) is 7. The van der Waals surface area contributed by atoms with Crippen LogP contribution in [-0.4, -0.2) is 66.9 Å². The van der Waals surface area contributed by atoms with Crippen LogP contribution in [0.1, 0.15) is 11.1 Å². The van der Waals surface area contributed by atoms with Gasteiger partial charge >= 0.3 is 18.9 Å². The topological polar surface area (TPSA) is 91.4 Å². The maximum Gasteiger partial charge on any atom is 0.642 e. The van der Waals surface area contributed by atoms with E-state index in [1.54, 1.807) is 60.7 Å². The van der Waals surface area contributed by atoms with Crippen LogP contribution >= 0.6 is 0 Å². The highest BCUT2D eigenvalue weighted by Crippen LogP contribution is 2.46. The van der Waals surface area contributed by atoms with Crippen molar-refractivity contribution in [2.75, 3.05) is 27.4 Å². The van der Waals surface area contributed by atoms with Crippen molar-refractivity contribution in [1.82, 2.24) is 4.48 Å². The van der Waals surface area contributed by atoms with Gasteiger partial charge in [-0.2, -0.15) is 0 Å². The van der Waals surface area contributed by atoms with Gasteiger partial charge in [0.15, 0.2) is 13.2 Å². The third-order valence-electron chi connectivity index (χ3n) is 8.49. The van der Waals surface area contributed by atoms with Gasteiger partial charge in [0.2, 0.25) is 5.82 Å². The van der Waals surface area contributed by atoms with E-state index in [0.717, 1.165) is 20.1 Å². The second kappa shape index (κ2) is 13.3. The van der Waals surface area contributed by atoms with Gasteiger partial charge in [-0.1, -0.05) is 60.7 Å². The summed E-state index contributed by atoms with van der Waals surface area (Å²) >= 11 is 0. The molecule has 3 heterocycles. The van der Waals surface area contributed by atoms with Crippen LogP contribution in [0.5, 0.6) is 11.5 Å². The van der Waals surface area contributed by atoms with Crippen LogP contribution in [0, 0.1) is 0 Å². The minimum atomic E-state index is -4.55. The van der Waals surface area contributed by atoms with Crippen molar-refractivity contribution in [2.45, 2.75) is 0 Å². The van der Waals surface area contributed by atoms with E-state index in [1.165, 1.54) is 14.2 Å². The highest BCUT2D eigenvalue weighted by molar-refractivity contribution is 6.63. The third-order valence-corrected chi connectivity index (χ3v) is 8.49. The summed E-state index contributed by atoms with van der Waals surface area (Å²) in [6.07, 6.45) is 1.73. The molecule has 0 fully saturated rings. The highest BCUT2D eigenvalue weighted by Gasteiger charge is 2.53. The molecule has 5 aromatic rings. The van der Waals surface area contributed by atoms with Crippen molar-refractivity contribution in [1.29, 1.82) is 0 Å². The monoisotopic (exact) mass is 673 g/mol. The molecule has 0 saturated carbocycles. The molecule has 4 aromatic carbocycles. The lowest BCUT2D eigenvalue weighted by molar-refractivity contribution is -0.291. The fourth-order valence-corrected chi connectivity index (χ4v) is 6.05. The first-order valence-corrected chi connectivity index (χ1v) is 15.7. The number of fused-ring (bicyclic) bond motifs is 2. The van der Waals surface area contributed by atoms with Crippen LogP contribution < -0.4 is 9.47 Å². The van der Waals surface area contributed by atoms with Crippen molar-refractivity contribution >= 4 is 41.8 Å². The summed E-state index contributed by atoms with van der Waals surface area (Å²) in [5, 5.41) is 0. The largest absolute Gasteiger partial charge is 0.642 e. The van der Waals surface area contributed by atoms with E-state index in [1.807, 2.05) is 60.7 Å². The van der Waals surface area contributed by atoms with Gasteiger partial charge in [0, 0.05) is 16.8 Å². The molecule has 1 aromatic heterocycles. The highest BCUT2D eigenvalue weighted by atomic mass is 19.2. The lowest BCUT2D eigenvalue weighted by Crippen LogP contribution is -2.53. The molecule has 0 saturated heterocycles. The average molecular weight is 673 g/mol. The molecular formula is C38H30BF2N3O6. The van der Waals surface area contributed by atoms with Gasteiger partial charge in [0.1, 0.15) is 11.5 Å². The van der Waals surface area contributed by atoms with E-state index in [2.05, 4.69) is 9.47 Å². The Hall–Kier alpha value is -6.30. The van der Waals surface area contributed by atoms with Crippen molar-refractivity contribution in [3.63, 3.8) is 0 Å². The first kappa shape index (κ1) is 32.3. The average Bonchev–Trinajstić information content (AvgIpc) is 3.75. The number of hydrogen-bond donors (Lipinski definition) is 0. The summed E-state index contributed by atoms with van der Waals surface area (Å²) in [5.74, 6) is -0.0515. The van der Waals surface area contributed by atoms with Crippen LogP contribution in [0.3, 0.4) is 0 Å². The number of nitrogens with zero attached hydrogens (tertiary/aromatic N) is 3. The summed E-state index contributed by atoms with van der Waals surface area (Å²) in [6.45, 7) is -5.11. The number of esters is 2. The van der Waals surface area contributed by atoms with Crippen LogP contribution in [0.4, 0.5) is 14.4 Å². The lowest BCUT2D eigenvalue weighted by atomic mass is 9.90. The van der Waals surface area contributed by atoms with Gasteiger partial charge in [-0.05, 0) is 82.4 Å². The summed E-state index contributed by atoms with van der Waals surface area (Å²) in [7, 11) is 2.53. The van der Waals surface area contributed by atoms with Crippen molar-refractivity contribution in [3.8, 4) is 33.9 Å². The Morgan fingerprint density at radius 2 is 1.22 bits per heavy atom. The minimum absolute atomic E-state index is 0.128. The lowest BCUT2D eigenvalue weighted by Gasteiger charge is -2.32. The summed E-state index contributed by atoms with van der Waals surface area (Å²) in [5.41, 5.74) is 4.09. The number of halogens is 2. The maximum absolute atomic E-state index is 17.6. The Morgan fingerprint density at radius 3 is 1.76 bits per heavy atom. The van der Waals surface area contributed by atoms with E-state index < -0.39 is 18.9 Å². The molecule has 0 radical (unpaired) electrons. The second-order valence-corrected chi connectivity index (χ2v) is 11.5. The van der Waals surface area contributed by atoms with Crippen LogP contribution in [0.15, 0.2) is 126 Å². The summed E-state index contributed by atoms with van der Waals surface area (Å²) < 4.78 is 57.5. The van der Waals surface area contributed by atoms with E-state index in [-0.39, 0.29) is 36.3 Å². The van der Waals surface area contributed by atoms with Crippen LogP contribution in [-0.2, 0) is 19.1 Å². The number of methoxy groups -OCH3 is 2. The number of allylic oxidation sites excluding steroid dienone is 1. The molecule has 0 spiro atoms. The molecule has 0 N–H and O–H groups in total. The molecule has 9 nitrogen and oxygen atoms in total. The fraction of sp³-hybridized carbons (Fsp3) is 0.105. The molecule has 0 bridgehead atoms. The van der Waals surface area contributed by atoms with Crippen molar-refractivity contribution in [2.24, 2.45) is 4.99 Å². The zero-order chi connectivity index (χ0) is 34.8. The number of carbonyl (C=O) groups excluding carboxylic acids is 2. The Bertz CT molecular complexity index is 2180. The molecule has 2 aliphatic heterocycles. The Morgan fingerprint density at radius 1 is 0.700 bits per heavy atom. The minimum Gasteiger partial charge on any atom is -0.482 e. The van der Waals surface area contributed by atoms with Gasteiger partial charge < -0.3 is 36.5 Å². The van der Waals surface area contributed by atoms with Crippen LogP contribution in [0.2, 0.25) is 0 Å². The van der Waals surface area contributed by atoms with Crippen LogP contribution in [0.25, 0.3) is 28.0 Å². The predicted molar refractivity (Wildman–Crippen MR) is 186 cm³/mol. The molecule has 2 aliphatic rings. The van der Waals surface area contributed by atoms with E-state index in [0.29, 0.717) is 33.8 Å². The maximum atomic E-state index is 17.6. The van der Waals surface area contributed by atoms with Gasteiger partial charge in [0.05, 0.1) is 25.5 Å². The van der Waals surface area contributed by atoms with Gasteiger partial charge in [-0.3, -0.25) is 0 Å². The molecule has 250 valence electrons. The van der Waals surface area contributed by atoms with Crippen molar-refractivity contribution < 1.29 is 41.7 Å². The van der Waals surface area contributed by atoms with Crippen molar-refractivity contribution in [3.05, 3.63) is 132 Å². The number of carbonyl (C=O) groups is 2. The Labute approximate surface area is 286 Å². The molecule has 0 aliphatic carbocycles. The summed E-state index contributed by atoms with van der Waals surface area (Å²) in [4.78, 5) is 28.2. The van der Waals surface area contributed by atoms with E-state index >= 15 is 8.63 Å². The number of aliphatic imine (C=N–C) groups is 1. The number of aromatic nitrogens is 1. The zero-order valence-electron chi connectivity index (χ0n) is 27.1. The van der Waals surface area contributed by atoms with Gasteiger partial charge in [-0.15, -0.1) is 0 Å². The normalized spacial score (nSPS) is 14.2. The Balaban J connectivity index is 1.39. The molecule has 0 amide bonds. The number of benzene rings is 4. The fourth-order valence-electron chi connectivity index (χ4n) is 6.05. The molecule has 0 atom stereocenters. The number of ether oxygens (including phenoxy) is 4. The van der Waals surface area contributed by atoms with E-state index in [9.17, 15) is 9.59 Å². The second-order valence-electron chi connectivity index (χ2n) is 11.5. The third kappa shape index (κ3) is 5.96. The quantitative estimate of drug-likeness (QED) is 0.120. The number of rotatable bonds is 10. The van der Waals surface area contributed by atoms with E-state index in [4.69, 9.17) is 14.5 Å². The first-order valence-electron chi connectivity index (χ1n) is 15.7. The summed E-state index contributed by atoms with van der Waals surface area (Å²) in [6, 6.07) is 33.5. The van der Waals surface area contributed by atoms with Gasteiger partial charge in [0.25, 0.3) is 5.84 Å². The molecule has 50 heavy (non-hydrogen) atoms. The molecule has 12 heteroatoms.